The second kappa shape index (κ2) is 8.81. The van der Waals surface area contributed by atoms with Gasteiger partial charge in [-0.15, -0.1) is 0 Å². The van der Waals surface area contributed by atoms with Crippen molar-refractivity contribution in [3.05, 3.63) is 70.9 Å². The number of pyridine rings is 1. The second-order valence-corrected chi connectivity index (χ2v) is 8.62. The summed E-state index contributed by atoms with van der Waals surface area (Å²) in [5.41, 5.74) is 2.48. The molecule has 0 aliphatic heterocycles. The molecule has 0 unspecified atom stereocenters. The maximum atomic E-state index is 13.4. The number of hydrogen-bond acceptors (Lipinski definition) is 3. The first-order chi connectivity index (χ1) is 15.2. The van der Waals surface area contributed by atoms with Crippen LogP contribution in [0.15, 0.2) is 48.5 Å². The molecule has 4 rings (SSSR count). The van der Waals surface area contributed by atoms with Gasteiger partial charge in [0.05, 0.1) is 5.52 Å². The molecule has 1 amide bonds. The second-order valence-electron chi connectivity index (χ2n) is 8.62. The molecular weight excluding hydrogens is 415 g/mol. The molecule has 0 spiro atoms. The zero-order chi connectivity index (χ0) is 22.9. The van der Waals surface area contributed by atoms with E-state index in [1.807, 2.05) is 32.0 Å². The van der Waals surface area contributed by atoms with Gasteiger partial charge in [-0.25, -0.2) is 4.98 Å². The lowest BCUT2D eigenvalue weighted by atomic mass is 9.90. The van der Waals surface area contributed by atoms with Crippen molar-refractivity contribution >= 4 is 22.5 Å². The minimum absolute atomic E-state index is 0.0352. The fourth-order valence-electron chi connectivity index (χ4n) is 4.25. The third kappa shape index (κ3) is 5.03. The number of nitrogens with one attached hydrogen (secondary N) is 2. The monoisotopic (exact) mass is 441 g/mol. The summed E-state index contributed by atoms with van der Waals surface area (Å²) < 4.78 is 40.2. The zero-order valence-corrected chi connectivity index (χ0v) is 18.1. The van der Waals surface area contributed by atoms with Crippen molar-refractivity contribution in [1.29, 1.82) is 0 Å². The summed E-state index contributed by atoms with van der Waals surface area (Å²) in [5, 5.41) is 7.07. The number of halogens is 3. The van der Waals surface area contributed by atoms with Gasteiger partial charge in [-0.1, -0.05) is 29.3 Å². The number of aryl methyl sites for hydroxylation is 2. The van der Waals surface area contributed by atoms with Crippen LogP contribution in [0.4, 0.5) is 18.9 Å². The van der Waals surface area contributed by atoms with Crippen LogP contribution in [-0.4, -0.2) is 23.0 Å². The molecule has 7 heteroatoms. The number of aromatic nitrogens is 1. The number of hydrogen-bond donors (Lipinski definition) is 2. The molecule has 0 saturated heterocycles. The zero-order valence-electron chi connectivity index (χ0n) is 18.1. The van der Waals surface area contributed by atoms with Gasteiger partial charge in [0.1, 0.15) is 5.69 Å². The largest absolute Gasteiger partial charge is 0.433 e. The third-order valence-electron chi connectivity index (χ3n) is 5.94. The van der Waals surface area contributed by atoms with Crippen molar-refractivity contribution in [2.75, 3.05) is 5.32 Å². The SMILES string of the molecule is Cc1ccc(C(=O)N[C@@H]2CCC[C@H](Nc3cc(C(F)(F)F)nc4ccc(C)cc34)C2)cc1. The van der Waals surface area contributed by atoms with Crippen LogP contribution in [0.3, 0.4) is 0 Å². The number of amides is 1. The van der Waals surface area contributed by atoms with Crippen molar-refractivity contribution in [2.45, 2.75) is 57.8 Å². The van der Waals surface area contributed by atoms with E-state index in [1.54, 1.807) is 24.3 Å². The Hall–Kier alpha value is -3.09. The van der Waals surface area contributed by atoms with Crippen LogP contribution in [0.2, 0.25) is 0 Å². The number of rotatable bonds is 4. The van der Waals surface area contributed by atoms with E-state index >= 15 is 0 Å². The summed E-state index contributed by atoms with van der Waals surface area (Å²) in [6.07, 6.45) is -1.32. The van der Waals surface area contributed by atoms with Crippen molar-refractivity contribution in [1.82, 2.24) is 10.3 Å². The normalized spacial score (nSPS) is 19.0. The molecule has 168 valence electrons. The molecule has 1 heterocycles. The first kappa shape index (κ1) is 22.1. The smallest absolute Gasteiger partial charge is 0.382 e. The standard InChI is InChI=1S/C25H26F3N3O/c1-15-6-9-17(10-7-15)24(32)30-19-5-3-4-18(13-19)29-22-14-23(25(26,27)28)31-21-11-8-16(2)12-20(21)22/h6-12,14,18-19H,3-5,13H2,1-2H3,(H,29,31)(H,30,32)/t18-,19+/m0/s1. The maximum absolute atomic E-state index is 13.4. The Morgan fingerprint density at radius 1 is 0.969 bits per heavy atom. The maximum Gasteiger partial charge on any atom is 0.433 e. The van der Waals surface area contributed by atoms with Crippen molar-refractivity contribution < 1.29 is 18.0 Å². The summed E-state index contributed by atoms with van der Waals surface area (Å²) in [5.74, 6) is -0.125. The van der Waals surface area contributed by atoms with Crippen LogP contribution in [0.25, 0.3) is 10.9 Å². The highest BCUT2D eigenvalue weighted by molar-refractivity contribution is 5.94. The molecule has 32 heavy (non-hydrogen) atoms. The molecule has 2 atom stereocenters. The minimum atomic E-state index is -4.52. The number of fused-ring (bicyclic) bond motifs is 1. The highest BCUT2D eigenvalue weighted by atomic mass is 19.4. The van der Waals surface area contributed by atoms with Crippen molar-refractivity contribution in [3.63, 3.8) is 0 Å². The number of carbonyl (C=O) groups is 1. The van der Waals surface area contributed by atoms with Gasteiger partial charge in [-0.3, -0.25) is 4.79 Å². The van der Waals surface area contributed by atoms with Crippen molar-refractivity contribution in [3.8, 4) is 0 Å². The average molecular weight is 441 g/mol. The number of carbonyl (C=O) groups excluding carboxylic acids is 1. The lowest BCUT2D eigenvalue weighted by Crippen LogP contribution is -2.41. The lowest BCUT2D eigenvalue weighted by Gasteiger charge is -2.31. The molecular formula is C25H26F3N3O. The molecule has 1 aliphatic carbocycles. The molecule has 2 aromatic carbocycles. The van der Waals surface area contributed by atoms with Crippen LogP contribution >= 0.6 is 0 Å². The first-order valence-electron chi connectivity index (χ1n) is 10.8. The van der Waals surface area contributed by atoms with Gasteiger partial charge < -0.3 is 10.6 Å². The number of anilines is 1. The molecule has 1 fully saturated rings. The summed E-state index contributed by atoms with van der Waals surface area (Å²) >= 11 is 0. The predicted molar refractivity (Wildman–Crippen MR) is 120 cm³/mol. The van der Waals surface area contributed by atoms with Gasteiger partial charge in [0.2, 0.25) is 0 Å². The molecule has 4 nitrogen and oxygen atoms in total. The van der Waals surface area contributed by atoms with E-state index in [0.717, 1.165) is 36.5 Å². The highest BCUT2D eigenvalue weighted by Gasteiger charge is 2.34. The molecule has 3 aromatic rings. The molecule has 1 aromatic heterocycles. The summed E-state index contributed by atoms with van der Waals surface area (Å²) in [6.45, 7) is 3.87. The Kier molecular flexibility index (Phi) is 6.09. The van der Waals surface area contributed by atoms with E-state index < -0.39 is 11.9 Å². The molecule has 1 saturated carbocycles. The Balaban J connectivity index is 1.52. The van der Waals surface area contributed by atoms with E-state index in [9.17, 15) is 18.0 Å². The van der Waals surface area contributed by atoms with E-state index in [0.29, 0.717) is 28.6 Å². The van der Waals surface area contributed by atoms with E-state index in [1.165, 1.54) is 0 Å². The molecule has 2 N–H and O–H groups in total. The third-order valence-corrected chi connectivity index (χ3v) is 5.94. The van der Waals surface area contributed by atoms with Gasteiger partial charge in [0, 0.05) is 28.7 Å². The van der Waals surface area contributed by atoms with Crippen LogP contribution in [0.1, 0.15) is 52.9 Å². The number of benzene rings is 2. The van der Waals surface area contributed by atoms with Gasteiger partial charge in [0.25, 0.3) is 5.91 Å². The van der Waals surface area contributed by atoms with Gasteiger partial charge in [0.15, 0.2) is 0 Å². The lowest BCUT2D eigenvalue weighted by molar-refractivity contribution is -0.140. The summed E-state index contributed by atoms with van der Waals surface area (Å²) in [6, 6.07) is 13.6. The average Bonchev–Trinajstić information content (AvgIpc) is 2.74. The van der Waals surface area contributed by atoms with Gasteiger partial charge >= 0.3 is 6.18 Å². The first-order valence-corrected chi connectivity index (χ1v) is 10.8. The fraction of sp³-hybridized carbons (Fsp3) is 0.360. The predicted octanol–water partition coefficient (Wildman–Crippen LogP) is 6.02. The Morgan fingerprint density at radius 2 is 1.66 bits per heavy atom. The van der Waals surface area contributed by atoms with E-state index in [-0.39, 0.29) is 18.0 Å². The van der Waals surface area contributed by atoms with Crippen molar-refractivity contribution in [2.24, 2.45) is 0 Å². The van der Waals surface area contributed by atoms with E-state index in [2.05, 4.69) is 15.6 Å². The fourth-order valence-corrected chi connectivity index (χ4v) is 4.25. The molecule has 0 radical (unpaired) electrons. The highest BCUT2D eigenvalue weighted by Crippen LogP contribution is 2.34. The Morgan fingerprint density at radius 3 is 2.38 bits per heavy atom. The molecule has 0 bridgehead atoms. The molecule has 1 aliphatic rings. The van der Waals surface area contributed by atoms with Crippen LogP contribution in [-0.2, 0) is 6.18 Å². The van der Waals surface area contributed by atoms with Crippen LogP contribution in [0, 0.1) is 13.8 Å². The Labute approximate surface area is 185 Å². The van der Waals surface area contributed by atoms with Crippen LogP contribution < -0.4 is 10.6 Å². The van der Waals surface area contributed by atoms with E-state index in [4.69, 9.17) is 0 Å². The van der Waals surface area contributed by atoms with Crippen LogP contribution in [0.5, 0.6) is 0 Å². The summed E-state index contributed by atoms with van der Waals surface area (Å²) in [7, 11) is 0. The number of nitrogens with zero attached hydrogens (tertiary/aromatic N) is 1. The van der Waals surface area contributed by atoms with Gasteiger partial charge in [-0.05, 0) is 69.9 Å². The topological polar surface area (TPSA) is 54.0 Å². The summed E-state index contributed by atoms with van der Waals surface area (Å²) in [4.78, 5) is 16.4. The Bertz CT molecular complexity index is 1130. The van der Waals surface area contributed by atoms with Gasteiger partial charge in [-0.2, -0.15) is 13.2 Å². The quantitative estimate of drug-likeness (QED) is 0.520. The number of alkyl halides is 3. The minimum Gasteiger partial charge on any atom is -0.382 e.